The lowest BCUT2D eigenvalue weighted by molar-refractivity contribution is 0.0943. The minimum Gasteiger partial charge on any atom is -0.348 e. The highest BCUT2D eigenvalue weighted by Gasteiger charge is 2.17. The molecular weight excluding hydrogens is 212 g/mol. The van der Waals surface area contributed by atoms with E-state index in [1.807, 2.05) is 11.8 Å². The van der Waals surface area contributed by atoms with Gasteiger partial charge in [-0.15, -0.1) is 5.10 Å². The van der Waals surface area contributed by atoms with Gasteiger partial charge in [-0.05, 0) is 25.5 Å². The Balaban J connectivity index is 1.81. The van der Waals surface area contributed by atoms with Gasteiger partial charge in [0.2, 0.25) is 5.82 Å². The van der Waals surface area contributed by atoms with E-state index in [1.165, 1.54) is 18.6 Å². The van der Waals surface area contributed by atoms with Crippen LogP contribution >= 0.6 is 11.8 Å². The van der Waals surface area contributed by atoms with Crippen LogP contribution in [0.2, 0.25) is 0 Å². The highest BCUT2D eigenvalue weighted by molar-refractivity contribution is 8.00. The molecule has 0 aromatic carbocycles. The molecule has 15 heavy (non-hydrogen) atoms. The van der Waals surface area contributed by atoms with Gasteiger partial charge in [-0.3, -0.25) is 9.89 Å². The lowest BCUT2D eigenvalue weighted by Crippen LogP contribution is -2.30. The van der Waals surface area contributed by atoms with Crippen molar-refractivity contribution < 1.29 is 4.79 Å². The number of nitrogens with zero attached hydrogens (tertiary/aromatic N) is 2. The summed E-state index contributed by atoms with van der Waals surface area (Å²) in [6, 6.07) is 0. The molecule has 0 bridgehead atoms. The Bertz CT molecular complexity index is 346. The number of thioether (sulfide) groups is 1. The van der Waals surface area contributed by atoms with Crippen molar-refractivity contribution in [2.45, 2.75) is 25.0 Å². The van der Waals surface area contributed by atoms with Crippen LogP contribution in [-0.4, -0.2) is 38.6 Å². The van der Waals surface area contributed by atoms with Crippen LogP contribution < -0.4 is 5.32 Å². The van der Waals surface area contributed by atoms with Crippen molar-refractivity contribution >= 4 is 17.7 Å². The lowest BCUT2D eigenvalue weighted by atomic mass is 10.2. The summed E-state index contributed by atoms with van der Waals surface area (Å²) in [4.78, 5) is 15.5. The average molecular weight is 226 g/mol. The number of hydrogen-bond donors (Lipinski definition) is 2. The zero-order chi connectivity index (χ0) is 10.7. The smallest absolute Gasteiger partial charge is 0.290 e. The average Bonchev–Trinajstić information content (AvgIpc) is 2.84. The fourth-order valence-electron chi connectivity index (χ4n) is 1.54. The third-order valence-corrected chi connectivity index (χ3v) is 3.71. The topological polar surface area (TPSA) is 70.7 Å². The second kappa shape index (κ2) is 4.65. The molecule has 6 heteroatoms. The largest absolute Gasteiger partial charge is 0.348 e. The van der Waals surface area contributed by atoms with Crippen LogP contribution in [0.4, 0.5) is 0 Å². The van der Waals surface area contributed by atoms with Gasteiger partial charge in [0, 0.05) is 11.8 Å². The van der Waals surface area contributed by atoms with Crippen molar-refractivity contribution in [3.05, 3.63) is 11.6 Å². The first-order valence-electron chi connectivity index (χ1n) is 5.04. The summed E-state index contributed by atoms with van der Waals surface area (Å²) in [5.74, 6) is 1.91. The molecule has 1 atom stereocenters. The van der Waals surface area contributed by atoms with Gasteiger partial charge in [-0.2, -0.15) is 11.8 Å². The third-order valence-electron chi connectivity index (χ3n) is 2.31. The van der Waals surface area contributed by atoms with Crippen molar-refractivity contribution in [3.63, 3.8) is 0 Å². The molecule has 0 aliphatic carbocycles. The van der Waals surface area contributed by atoms with Crippen molar-refractivity contribution in [2.24, 2.45) is 0 Å². The molecule has 2 heterocycles. The number of carbonyl (C=O) groups excluding carboxylic acids is 1. The van der Waals surface area contributed by atoms with Crippen LogP contribution in [0, 0.1) is 6.92 Å². The number of nitrogens with one attached hydrogen (secondary N) is 2. The van der Waals surface area contributed by atoms with Crippen LogP contribution in [0.3, 0.4) is 0 Å². The molecule has 5 nitrogen and oxygen atoms in total. The van der Waals surface area contributed by atoms with Gasteiger partial charge in [-0.1, -0.05) is 0 Å². The first kappa shape index (κ1) is 10.5. The van der Waals surface area contributed by atoms with E-state index in [1.54, 1.807) is 6.92 Å². The Morgan fingerprint density at radius 1 is 1.73 bits per heavy atom. The molecule has 2 N–H and O–H groups in total. The molecule has 1 amide bonds. The van der Waals surface area contributed by atoms with E-state index in [9.17, 15) is 4.79 Å². The van der Waals surface area contributed by atoms with Gasteiger partial charge in [0.05, 0.1) is 0 Å². The number of rotatable bonds is 3. The molecule has 0 spiro atoms. The predicted octanol–water partition coefficient (Wildman–Crippen LogP) is 0.739. The van der Waals surface area contributed by atoms with E-state index in [-0.39, 0.29) is 11.7 Å². The summed E-state index contributed by atoms with van der Waals surface area (Å²) in [5.41, 5.74) is 0. The van der Waals surface area contributed by atoms with Crippen molar-refractivity contribution in [2.75, 3.05) is 12.3 Å². The molecule has 1 unspecified atom stereocenters. The highest BCUT2D eigenvalue weighted by atomic mass is 32.2. The van der Waals surface area contributed by atoms with E-state index in [0.29, 0.717) is 11.1 Å². The van der Waals surface area contributed by atoms with Crippen molar-refractivity contribution in [1.29, 1.82) is 0 Å². The maximum absolute atomic E-state index is 11.5. The van der Waals surface area contributed by atoms with Crippen molar-refractivity contribution in [1.82, 2.24) is 20.5 Å². The molecular formula is C9H14N4OS. The number of aromatic nitrogens is 3. The second-order valence-corrected chi connectivity index (χ2v) is 5.00. The maximum atomic E-state index is 11.5. The molecule has 0 radical (unpaired) electrons. The molecule has 1 aromatic heterocycles. The summed E-state index contributed by atoms with van der Waals surface area (Å²) < 4.78 is 0. The lowest BCUT2D eigenvalue weighted by Gasteiger charge is -2.07. The number of aromatic amines is 1. The molecule has 1 aliphatic heterocycles. The maximum Gasteiger partial charge on any atom is 0.290 e. The first-order valence-corrected chi connectivity index (χ1v) is 6.09. The quantitative estimate of drug-likeness (QED) is 0.797. The molecule has 1 fully saturated rings. The Morgan fingerprint density at radius 2 is 2.60 bits per heavy atom. The standard InChI is InChI=1S/C9H14N4OS/c1-6-11-8(13-12-6)9(14)10-5-7-3-2-4-15-7/h7H,2-5H2,1H3,(H,10,14)(H,11,12,13). The number of hydrogen-bond acceptors (Lipinski definition) is 4. The Labute approximate surface area is 92.4 Å². The van der Waals surface area contributed by atoms with Gasteiger partial charge in [-0.25, -0.2) is 4.98 Å². The molecule has 1 saturated heterocycles. The highest BCUT2D eigenvalue weighted by Crippen LogP contribution is 2.25. The molecule has 1 aromatic rings. The molecule has 2 rings (SSSR count). The van der Waals surface area contributed by atoms with E-state index >= 15 is 0 Å². The van der Waals surface area contributed by atoms with E-state index in [0.717, 1.165) is 6.54 Å². The molecule has 0 saturated carbocycles. The summed E-state index contributed by atoms with van der Waals surface area (Å²) in [6.07, 6.45) is 2.45. The van der Waals surface area contributed by atoms with Gasteiger partial charge in [0.25, 0.3) is 5.91 Å². The fourth-order valence-corrected chi connectivity index (χ4v) is 2.74. The first-order chi connectivity index (χ1) is 7.25. The minimum absolute atomic E-state index is 0.188. The monoisotopic (exact) mass is 226 g/mol. The summed E-state index contributed by atoms with van der Waals surface area (Å²) in [5, 5.41) is 9.87. The Kier molecular flexibility index (Phi) is 3.25. The number of H-pyrrole nitrogens is 1. The minimum atomic E-state index is -0.188. The van der Waals surface area contributed by atoms with Crippen LogP contribution in [0.25, 0.3) is 0 Å². The Hall–Kier alpha value is -1.04. The van der Waals surface area contributed by atoms with E-state index < -0.39 is 0 Å². The predicted molar refractivity (Wildman–Crippen MR) is 58.9 cm³/mol. The number of carbonyl (C=O) groups is 1. The zero-order valence-corrected chi connectivity index (χ0v) is 9.43. The summed E-state index contributed by atoms with van der Waals surface area (Å²) in [7, 11) is 0. The second-order valence-electron chi connectivity index (χ2n) is 3.59. The van der Waals surface area contributed by atoms with Gasteiger partial charge in [0.1, 0.15) is 5.82 Å². The normalized spacial score (nSPS) is 20.5. The van der Waals surface area contributed by atoms with Gasteiger partial charge < -0.3 is 5.32 Å². The zero-order valence-electron chi connectivity index (χ0n) is 8.62. The Morgan fingerprint density at radius 3 is 3.20 bits per heavy atom. The van der Waals surface area contributed by atoms with Crippen LogP contribution in [-0.2, 0) is 0 Å². The third kappa shape index (κ3) is 2.71. The number of amides is 1. The summed E-state index contributed by atoms with van der Waals surface area (Å²) in [6.45, 7) is 2.49. The van der Waals surface area contributed by atoms with Crippen molar-refractivity contribution in [3.8, 4) is 0 Å². The summed E-state index contributed by atoms with van der Waals surface area (Å²) >= 11 is 1.92. The van der Waals surface area contributed by atoms with Gasteiger partial charge >= 0.3 is 0 Å². The van der Waals surface area contributed by atoms with Crippen LogP contribution in [0.1, 0.15) is 29.3 Å². The molecule has 1 aliphatic rings. The van der Waals surface area contributed by atoms with Crippen LogP contribution in [0.15, 0.2) is 0 Å². The van der Waals surface area contributed by atoms with Gasteiger partial charge in [0.15, 0.2) is 0 Å². The van der Waals surface area contributed by atoms with E-state index in [4.69, 9.17) is 0 Å². The number of aryl methyl sites for hydroxylation is 1. The fraction of sp³-hybridized carbons (Fsp3) is 0.667. The van der Waals surface area contributed by atoms with E-state index in [2.05, 4.69) is 20.5 Å². The SMILES string of the molecule is Cc1nc(C(=O)NCC2CCCS2)n[nH]1. The molecule has 82 valence electrons. The van der Waals surface area contributed by atoms with Crippen LogP contribution in [0.5, 0.6) is 0 Å².